The lowest BCUT2D eigenvalue weighted by molar-refractivity contribution is -0.144. The Morgan fingerprint density at radius 3 is 2.73 bits per heavy atom. The second kappa shape index (κ2) is 7.90. The maximum atomic E-state index is 13.9. The molecule has 0 aromatic heterocycles. The zero-order chi connectivity index (χ0) is 14.7. The summed E-state index contributed by atoms with van der Waals surface area (Å²) in [5.41, 5.74) is 0.542. The molecule has 122 valence electrons. The van der Waals surface area contributed by atoms with Crippen LogP contribution < -0.4 is 5.32 Å². The maximum Gasteiger partial charge on any atom is 0.225 e. The normalized spacial score (nSPS) is 23.0. The molecular weight excluding hydrogens is 307 g/mol. The summed E-state index contributed by atoms with van der Waals surface area (Å²) in [5.74, 6) is 0.0328. The van der Waals surface area contributed by atoms with Crippen molar-refractivity contribution in [2.75, 3.05) is 32.8 Å². The predicted octanol–water partition coefficient (Wildman–Crippen LogP) is 2.15. The molecule has 0 saturated carbocycles. The van der Waals surface area contributed by atoms with Crippen LogP contribution in [0.1, 0.15) is 24.5 Å². The molecule has 22 heavy (non-hydrogen) atoms. The van der Waals surface area contributed by atoms with Crippen molar-refractivity contribution in [3.05, 3.63) is 35.6 Å². The SMILES string of the molecule is Cl.O=C(C1CCNCC1)N1CCOC(c2ccccc2F)C1. The first-order valence-electron chi connectivity index (χ1n) is 7.61. The minimum Gasteiger partial charge on any atom is -0.370 e. The lowest BCUT2D eigenvalue weighted by Gasteiger charge is -2.36. The average Bonchev–Trinajstić information content (AvgIpc) is 2.55. The molecule has 1 amide bonds. The Hall–Kier alpha value is -1.17. The largest absolute Gasteiger partial charge is 0.370 e. The molecule has 0 spiro atoms. The first-order valence-corrected chi connectivity index (χ1v) is 7.61. The van der Waals surface area contributed by atoms with Crippen molar-refractivity contribution in [3.8, 4) is 0 Å². The average molecular weight is 329 g/mol. The lowest BCUT2D eigenvalue weighted by Crippen LogP contribution is -2.47. The Labute approximate surface area is 136 Å². The van der Waals surface area contributed by atoms with Crippen LogP contribution in [0, 0.1) is 11.7 Å². The van der Waals surface area contributed by atoms with Crippen LogP contribution in [-0.4, -0.2) is 43.6 Å². The second-order valence-electron chi connectivity index (χ2n) is 5.69. The highest BCUT2D eigenvalue weighted by Gasteiger charge is 2.31. The van der Waals surface area contributed by atoms with E-state index in [0.29, 0.717) is 25.3 Å². The van der Waals surface area contributed by atoms with Crippen molar-refractivity contribution in [1.82, 2.24) is 10.2 Å². The Balaban J connectivity index is 0.00000176. The fraction of sp³-hybridized carbons (Fsp3) is 0.562. The predicted molar refractivity (Wildman–Crippen MR) is 84.5 cm³/mol. The number of hydrogen-bond donors (Lipinski definition) is 1. The topological polar surface area (TPSA) is 41.6 Å². The molecule has 6 heteroatoms. The molecule has 2 heterocycles. The van der Waals surface area contributed by atoms with Crippen molar-refractivity contribution in [2.45, 2.75) is 18.9 Å². The van der Waals surface area contributed by atoms with Crippen molar-refractivity contribution in [2.24, 2.45) is 5.92 Å². The summed E-state index contributed by atoms with van der Waals surface area (Å²) in [6, 6.07) is 6.64. The number of carbonyl (C=O) groups excluding carboxylic acids is 1. The molecule has 3 rings (SSSR count). The number of morpholine rings is 1. The number of ether oxygens (including phenoxy) is 1. The van der Waals surface area contributed by atoms with E-state index in [1.165, 1.54) is 6.07 Å². The lowest BCUT2D eigenvalue weighted by atomic mass is 9.96. The molecule has 2 saturated heterocycles. The van der Waals surface area contributed by atoms with E-state index in [1.54, 1.807) is 18.2 Å². The van der Waals surface area contributed by atoms with Gasteiger partial charge in [-0.2, -0.15) is 0 Å². The molecule has 4 nitrogen and oxygen atoms in total. The summed E-state index contributed by atoms with van der Waals surface area (Å²) >= 11 is 0. The van der Waals surface area contributed by atoms with E-state index in [1.807, 2.05) is 4.90 Å². The van der Waals surface area contributed by atoms with Gasteiger partial charge in [0.1, 0.15) is 11.9 Å². The third-order valence-corrected chi connectivity index (χ3v) is 4.32. The number of hydrogen-bond acceptors (Lipinski definition) is 3. The highest BCUT2D eigenvalue weighted by Crippen LogP contribution is 2.26. The second-order valence-corrected chi connectivity index (χ2v) is 5.69. The van der Waals surface area contributed by atoms with Crippen LogP contribution in [-0.2, 0) is 9.53 Å². The van der Waals surface area contributed by atoms with E-state index < -0.39 is 0 Å². The zero-order valence-corrected chi connectivity index (χ0v) is 13.3. The van der Waals surface area contributed by atoms with E-state index in [9.17, 15) is 9.18 Å². The summed E-state index contributed by atoms with van der Waals surface area (Å²) in [4.78, 5) is 14.4. The fourth-order valence-corrected chi connectivity index (χ4v) is 3.10. The van der Waals surface area contributed by atoms with E-state index in [-0.39, 0.29) is 36.2 Å². The monoisotopic (exact) mass is 328 g/mol. The van der Waals surface area contributed by atoms with Crippen LogP contribution in [0.2, 0.25) is 0 Å². The van der Waals surface area contributed by atoms with Crippen LogP contribution in [0.15, 0.2) is 24.3 Å². The van der Waals surface area contributed by atoms with Gasteiger partial charge in [-0.3, -0.25) is 4.79 Å². The summed E-state index contributed by atoms with van der Waals surface area (Å²) in [7, 11) is 0. The molecule has 2 aliphatic rings. The van der Waals surface area contributed by atoms with E-state index in [0.717, 1.165) is 25.9 Å². The van der Waals surface area contributed by atoms with Gasteiger partial charge in [0, 0.05) is 18.0 Å². The number of halogens is 2. The molecule has 2 fully saturated rings. The fourth-order valence-electron chi connectivity index (χ4n) is 3.10. The summed E-state index contributed by atoms with van der Waals surface area (Å²) in [6.45, 7) is 3.32. The van der Waals surface area contributed by atoms with Gasteiger partial charge in [-0.1, -0.05) is 18.2 Å². The summed E-state index contributed by atoms with van der Waals surface area (Å²) < 4.78 is 19.5. The van der Waals surface area contributed by atoms with Crippen molar-refractivity contribution >= 4 is 18.3 Å². The number of nitrogens with zero attached hydrogens (tertiary/aromatic N) is 1. The summed E-state index contributed by atoms with van der Waals surface area (Å²) in [6.07, 6.45) is 1.42. The van der Waals surface area contributed by atoms with Crippen LogP contribution in [0.3, 0.4) is 0 Å². The minimum atomic E-state index is -0.356. The Morgan fingerprint density at radius 1 is 1.27 bits per heavy atom. The molecule has 1 aromatic rings. The number of rotatable bonds is 2. The maximum absolute atomic E-state index is 13.9. The molecule has 0 radical (unpaired) electrons. The highest BCUT2D eigenvalue weighted by molar-refractivity contribution is 5.85. The van der Waals surface area contributed by atoms with Gasteiger partial charge in [0.15, 0.2) is 0 Å². The smallest absolute Gasteiger partial charge is 0.225 e. The highest BCUT2D eigenvalue weighted by atomic mass is 35.5. The molecule has 2 aliphatic heterocycles. The van der Waals surface area contributed by atoms with Gasteiger partial charge in [-0.05, 0) is 32.0 Å². The van der Waals surface area contributed by atoms with E-state index in [4.69, 9.17) is 4.74 Å². The molecule has 1 aromatic carbocycles. The molecule has 0 aliphatic carbocycles. The number of carbonyl (C=O) groups is 1. The number of benzene rings is 1. The third-order valence-electron chi connectivity index (χ3n) is 4.32. The van der Waals surface area contributed by atoms with Crippen LogP contribution >= 0.6 is 12.4 Å². The van der Waals surface area contributed by atoms with Crippen molar-refractivity contribution < 1.29 is 13.9 Å². The first kappa shape index (κ1) is 17.2. The van der Waals surface area contributed by atoms with Gasteiger partial charge in [-0.15, -0.1) is 12.4 Å². The Kier molecular flexibility index (Phi) is 6.17. The Bertz CT molecular complexity index is 509. The molecule has 1 unspecified atom stereocenters. The van der Waals surface area contributed by atoms with Gasteiger partial charge in [0.05, 0.1) is 13.2 Å². The van der Waals surface area contributed by atoms with Gasteiger partial charge < -0.3 is 15.0 Å². The standard InChI is InChI=1S/C16H21FN2O2.ClH/c17-14-4-2-1-3-13(14)15-11-19(9-10-21-15)16(20)12-5-7-18-8-6-12;/h1-4,12,15,18H,5-11H2;1H. The summed E-state index contributed by atoms with van der Waals surface area (Å²) in [5, 5.41) is 3.27. The Morgan fingerprint density at radius 2 is 2.00 bits per heavy atom. The van der Waals surface area contributed by atoms with Gasteiger partial charge in [0.25, 0.3) is 0 Å². The zero-order valence-electron chi connectivity index (χ0n) is 12.5. The third kappa shape index (κ3) is 3.77. The van der Waals surface area contributed by atoms with Crippen molar-refractivity contribution in [3.63, 3.8) is 0 Å². The number of amides is 1. The van der Waals surface area contributed by atoms with Crippen LogP contribution in [0.25, 0.3) is 0 Å². The van der Waals surface area contributed by atoms with Gasteiger partial charge >= 0.3 is 0 Å². The van der Waals surface area contributed by atoms with E-state index in [2.05, 4.69) is 5.32 Å². The first-order chi connectivity index (χ1) is 10.3. The quantitative estimate of drug-likeness (QED) is 0.904. The van der Waals surface area contributed by atoms with E-state index >= 15 is 0 Å². The molecular formula is C16H22ClFN2O2. The van der Waals surface area contributed by atoms with Crippen LogP contribution in [0.5, 0.6) is 0 Å². The molecule has 1 atom stereocenters. The van der Waals surface area contributed by atoms with Crippen LogP contribution in [0.4, 0.5) is 4.39 Å². The molecule has 1 N–H and O–H groups in total. The van der Waals surface area contributed by atoms with Gasteiger partial charge in [-0.25, -0.2) is 4.39 Å². The van der Waals surface area contributed by atoms with Gasteiger partial charge in [0.2, 0.25) is 5.91 Å². The number of piperidine rings is 1. The number of nitrogens with one attached hydrogen (secondary N) is 1. The van der Waals surface area contributed by atoms with Crippen molar-refractivity contribution in [1.29, 1.82) is 0 Å². The minimum absolute atomic E-state index is 0. The molecule has 0 bridgehead atoms.